The number of hydrogen-bond donors (Lipinski definition) is 1. The van der Waals surface area contributed by atoms with Crippen molar-refractivity contribution in [1.82, 2.24) is 9.97 Å². The molecule has 2 nitrogen and oxygen atoms in total. The van der Waals surface area contributed by atoms with E-state index in [2.05, 4.69) is 16.9 Å². The molecule has 0 spiro atoms. The van der Waals surface area contributed by atoms with Gasteiger partial charge in [-0.1, -0.05) is 13.3 Å². The predicted octanol–water partition coefficient (Wildman–Crippen LogP) is 2.14. The molecular weight excluding hydrogens is 160 g/mol. The molecule has 0 aliphatic heterocycles. The number of H-pyrrole nitrogens is 1. The number of aryl methyl sites for hydroxylation is 2. The average molecular weight is 173 g/mol. The van der Waals surface area contributed by atoms with Crippen molar-refractivity contribution in [3.05, 3.63) is 17.7 Å². The zero-order valence-corrected chi connectivity index (χ0v) is 7.49. The van der Waals surface area contributed by atoms with Gasteiger partial charge in [0.05, 0.1) is 0 Å². The van der Waals surface area contributed by atoms with Crippen LogP contribution in [0, 0.1) is 0 Å². The first-order chi connectivity index (χ1) is 5.36. The van der Waals surface area contributed by atoms with Gasteiger partial charge < -0.3 is 4.98 Å². The van der Waals surface area contributed by atoms with Crippen molar-refractivity contribution >= 4 is 11.6 Å². The Morgan fingerprint density at radius 1 is 1.55 bits per heavy atom. The number of hydrogen-bond acceptors (Lipinski definition) is 1. The van der Waals surface area contributed by atoms with Gasteiger partial charge in [0.1, 0.15) is 5.82 Å². The van der Waals surface area contributed by atoms with Crippen molar-refractivity contribution in [1.29, 1.82) is 0 Å². The molecule has 0 aliphatic carbocycles. The lowest BCUT2D eigenvalue weighted by molar-refractivity contribution is 0.879. The van der Waals surface area contributed by atoms with Crippen LogP contribution in [-0.4, -0.2) is 15.8 Å². The van der Waals surface area contributed by atoms with Crippen LogP contribution < -0.4 is 0 Å². The fourth-order valence-electron chi connectivity index (χ4n) is 1.02. The molecule has 0 fully saturated rings. The molecule has 0 aliphatic rings. The molecule has 0 amide bonds. The van der Waals surface area contributed by atoms with Crippen LogP contribution in [0.5, 0.6) is 0 Å². The molecule has 1 heterocycles. The number of aromatic amines is 1. The Morgan fingerprint density at radius 3 is 3.00 bits per heavy atom. The van der Waals surface area contributed by atoms with Gasteiger partial charge in [-0.3, -0.25) is 0 Å². The Kier molecular flexibility index (Phi) is 3.43. The van der Waals surface area contributed by atoms with E-state index in [4.69, 9.17) is 11.6 Å². The summed E-state index contributed by atoms with van der Waals surface area (Å²) in [6.07, 6.45) is 4.97. The van der Waals surface area contributed by atoms with Crippen LogP contribution in [0.2, 0.25) is 0 Å². The Bertz CT molecular complexity index is 187. The van der Waals surface area contributed by atoms with E-state index in [9.17, 15) is 0 Å². The summed E-state index contributed by atoms with van der Waals surface area (Å²) in [5.41, 5.74) is 1.22. The Hall–Kier alpha value is -0.500. The van der Waals surface area contributed by atoms with Gasteiger partial charge in [0.2, 0.25) is 0 Å². The molecular formula is C8H13ClN2. The molecule has 0 radical (unpaired) electrons. The quantitative estimate of drug-likeness (QED) is 0.693. The molecule has 0 saturated heterocycles. The zero-order valence-electron chi connectivity index (χ0n) is 6.73. The number of halogens is 1. The van der Waals surface area contributed by atoms with Crippen molar-refractivity contribution in [2.24, 2.45) is 0 Å². The van der Waals surface area contributed by atoms with E-state index < -0.39 is 0 Å². The molecule has 3 heteroatoms. The number of rotatable bonds is 4. The predicted molar refractivity (Wildman–Crippen MR) is 47.0 cm³/mol. The van der Waals surface area contributed by atoms with E-state index in [1.54, 1.807) is 0 Å². The monoisotopic (exact) mass is 172 g/mol. The van der Waals surface area contributed by atoms with E-state index in [0.717, 1.165) is 25.1 Å². The standard InChI is InChI=1S/C8H13ClN2/c1-2-3-7-6-10-8(11-7)4-5-9/h6H,2-5H2,1H3,(H,10,11). The Balaban J connectivity index is 2.51. The van der Waals surface area contributed by atoms with E-state index in [1.165, 1.54) is 5.69 Å². The lowest BCUT2D eigenvalue weighted by atomic mass is 10.3. The summed E-state index contributed by atoms with van der Waals surface area (Å²) < 4.78 is 0. The molecule has 1 aromatic rings. The number of alkyl halides is 1. The molecule has 1 aromatic heterocycles. The third-order valence-corrected chi connectivity index (χ3v) is 1.72. The third kappa shape index (κ3) is 2.54. The maximum atomic E-state index is 5.56. The first kappa shape index (κ1) is 8.60. The minimum absolute atomic E-state index is 0.638. The minimum Gasteiger partial charge on any atom is -0.346 e. The second-order valence-electron chi connectivity index (χ2n) is 2.54. The smallest absolute Gasteiger partial charge is 0.107 e. The van der Waals surface area contributed by atoms with Crippen LogP contribution in [0.1, 0.15) is 24.9 Å². The number of aromatic nitrogens is 2. The number of nitrogens with zero attached hydrogens (tertiary/aromatic N) is 1. The van der Waals surface area contributed by atoms with Gasteiger partial charge in [0, 0.05) is 24.2 Å². The lowest BCUT2D eigenvalue weighted by Crippen LogP contribution is -1.89. The van der Waals surface area contributed by atoms with E-state index >= 15 is 0 Å². The van der Waals surface area contributed by atoms with Gasteiger partial charge in [0.15, 0.2) is 0 Å². The van der Waals surface area contributed by atoms with E-state index in [-0.39, 0.29) is 0 Å². The fourth-order valence-corrected chi connectivity index (χ4v) is 1.20. The molecule has 1 rings (SSSR count). The normalized spacial score (nSPS) is 10.4. The van der Waals surface area contributed by atoms with Gasteiger partial charge in [-0.15, -0.1) is 11.6 Å². The van der Waals surface area contributed by atoms with E-state index in [1.807, 2.05) is 6.20 Å². The average Bonchev–Trinajstić information content (AvgIpc) is 2.38. The largest absolute Gasteiger partial charge is 0.346 e. The van der Waals surface area contributed by atoms with Crippen LogP contribution >= 0.6 is 11.6 Å². The minimum atomic E-state index is 0.638. The van der Waals surface area contributed by atoms with Gasteiger partial charge in [-0.2, -0.15) is 0 Å². The summed E-state index contributed by atoms with van der Waals surface area (Å²) in [4.78, 5) is 7.40. The topological polar surface area (TPSA) is 28.7 Å². The molecule has 0 aromatic carbocycles. The summed E-state index contributed by atoms with van der Waals surface area (Å²) in [5, 5.41) is 0. The van der Waals surface area contributed by atoms with E-state index in [0.29, 0.717) is 5.88 Å². The van der Waals surface area contributed by atoms with Crippen molar-refractivity contribution in [2.45, 2.75) is 26.2 Å². The highest BCUT2D eigenvalue weighted by Crippen LogP contribution is 2.01. The molecule has 0 saturated carbocycles. The molecule has 11 heavy (non-hydrogen) atoms. The summed E-state index contributed by atoms with van der Waals surface area (Å²) in [6.45, 7) is 2.15. The van der Waals surface area contributed by atoms with Crippen LogP contribution in [0.15, 0.2) is 6.20 Å². The summed E-state index contributed by atoms with van der Waals surface area (Å²) in [5.74, 6) is 1.64. The first-order valence-electron chi connectivity index (χ1n) is 3.95. The summed E-state index contributed by atoms with van der Waals surface area (Å²) in [6, 6.07) is 0. The maximum Gasteiger partial charge on any atom is 0.107 e. The van der Waals surface area contributed by atoms with Crippen LogP contribution in [-0.2, 0) is 12.8 Å². The summed E-state index contributed by atoms with van der Waals surface area (Å²) in [7, 11) is 0. The second-order valence-corrected chi connectivity index (χ2v) is 2.92. The Labute approximate surface area is 72.0 Å². The molecule has 62 valence electrons. The first-order valence-corrected chi connectivity index (χ1v) is 4.49. The summed E-state index contributed by atoms with van der Waals surface area (Å²) >= 11 is 5.56. The fraction of sp³-hybridized carbons (Fsp3) is 0.625. The van der Waals surface area contributed by atoms with Gasteiger partial charge in [-0.05, 0) is 6.42 Å². The third-order valence-electron chi connectivity index (χ3n) is 1.53. The van der Waals surface area contributed by atoms with Gasteiger partial charge >= 0.3 is 0 Å². The van der Waals surface area contributed by atoms with Crippen LogP contribution in [0.4, 0.5) is 0 Å². The van der Waals surface area contributed by atoms with Crippen molar-refractivity contribution in [2.75, 3.05) is 5.88 Å². The molecule has 1 N–H and O–H groups in total. The lowest BCUT2D eigenvalue weighted by Gasteiger charge is -1.90. The van der Waals surface area contributed by atoms with Crippen molar-refractivity contribution in [3.8, 4) is 0 Å². The molecule has 0 unspecified atom stereocenters. The number of nitrogens with one attached hydrogen (secondary N) is 1. The second kappa shape index (κ2) is 4.39. The molecule has 0 bridgehead atoms. The SMILES string of the molecule is CCCc1cnc(CCCl)[nH]1. The highest BCUT2D eigenvalue weighted by atomic mass is 35.5. The highest BCUT2D eigenvalue weighted by Gasteiger charge is 1.97. The molecule has 0 atom stereocenters. The van der Waals surface area contributed by atoms with Crippen LogP contribution in [0.25, 0.3) is 0 Å². The van der Waals surface area contributed by atoms with Crippen LogP contribution in [0.3, 0.4) is 0 Å². The maximum absolute atomic E-state index is 5.56. The zero-order chi connectivity index (χ0) is 8.10. The Morgan fingerprint density at radius 2 is 2.36 bits per heavy atom. The highest BCUT2D eigenvalue weighted by molar-refractivity contribution is 6.17. The number of imidazole rings is 1. The van der Waals surface area contributed by atoms with Gasteiger partial charge in [-0.25, -0.2) is 4.98 Å². The van der Waals surface area contributed by atoms with Gasteiger partial charge in [0.25, 0.3) is 0 Å². The van der Waals surface area contributed by atoms with Crippen molar-refractivity contribution in [3.63, 3.8) is 0 Å². The van der Waals surface area contributed by atoms with Crippen molar-refractivity contribution < 1.29 is 0 Å².